The Hall–Kier alpha value is -3.72. The number of nitrogens with one attached hydrogen (secondary N) is 1. The van der Waals surface area contributed by atoms with Gasteiger partial charge in [-0.2, -0.15) is 28.5 Å². The molecule has 12 nitrogen and oxygen atoms in total. The second kappa shape index (κ2) is 11.3. The molecule has 1 aliphatic rings. The largest absolute Gasteiger partial charge is 0.437 e. The van der Waals surface area contributed by atoms with Crippen LogP contribution in [0.5, 0.6) is 11.6 Å². The SMILES string of the molecule is Cn1nc(C(F)(F)F)cc1Oc1cnn(C(CC2CCCC2)C(=O)Nc2ccn(CC(O)CO)n2)c(=O)c1. The van der Waals surface area contributed by atoms with E-state index in [2.05, 4.69) is 20.6 Å². The first kappa shape index (κ1) is 27.3. The van der Waals surface area contributed by atoms with Crippen LogP contribution in [0.4, 0.5) is 19.0 Å². The van der Waals surface area contributed by atoms with Gasteiger partial charge in [0.25, 0.3) is 11.5 Å². The molecule has 2 unspecified atom stereocenters. The molecule has 3 heterocycles. The van der Waals surface area contributed by atoms with Crippen molar-refractivity contribution < 1.29 is 32.9 Å². The van der Waals surface area contributed by atoms with E-state index in [4.69, 9.17) is 9.84 Å². The minimum absolute atomic E-state index is 0.0292. The Morgan fingerprint density at radius 2 is 2.00 bits per heavy atom. The summed E-state index contributed by atoms with van der Waals surface area (Å²) < 4.78 is 47.5. The first-order valence-electron chi connectivity index (χ1n) is 12.0. The number of rotatable bonds is 10. The van der Waals surface area contributed by atoms with Crippen LogP contribution in [0.15, 0.2) is 35.4 Å². The highest BCUT2D eigenvalue weighted by atomic mass is 19.4. The monoisotopic (exact) mass is 539 g/mol. The summed E-state index contributed by atoms with van der Waals surface area (Å²) in [5.74, 6) is -0.457. The zero-order valence-electron chi connectivity index (χ0n) is 20.5. The Balaban J connectivity index is 1.54. The fraction of sp³-hybridized carbons (Fsp3) is 0.522. The number of aryl methyl sites for hydroxylation is 1. The maximum absolute atomic E-state index is 13.3. The minimum atomic E-state index is -4.66. The summed E-state index contributed by atoms with van der Waals surface area (Å²) in [6.07, 6.45) is 1.25. The second-order valence-corrected chi connectivity index (χ2v) is 9.22. The van der Waals surface area contributed by atoms with E-state index in [0.717, 1.165) is 47.3 Å². The van der Waals surface area contributed by atoms with Crippen LogP contribution in [0.2, 0.25) is 0 Å². The molecule has 0 aromatic carbocycles. The van der Waals surface area contributed by atoms with Crippen molar-refractivity contribution in [2.75, 3.05) is 11.9 Å². The van der Waals surface area contributed by atoms with E-state index < -0.39 is 42.1 Å². The third-order valence-electron chi connectivity index (χ3n) is 6.28. The Kier molecular flexibility index (Phi) is 8.16. The Bertz CT molecular complexity index is 1310. The highest BCUT2D eigenvalue weighted by molar-refractivity contribution is 5.92. The van der Waals surface area contributed by atoms with E-state index >= 15 is 0 Å². The van der Waals surface area contributed by atoms with Crippen molar-refractivity contribution in [2.45, 2.75) is 57.0 Å². The number of carbonyl (C=O) groups excluding carboxylic acids is 1. The highest BCUT2D eigenvalue weighted by Gasteiger charge is 2.35. The summed E-state index contributed by atoms with van der Waals surface area (Å²) in [7, 11) is 1.27. The molecule has 1 amide bonds. The summed E-state index contributed by atoms with van der Waals surface area (Å²) in [6, 6.07) is 2.31. The van der Waals surface area contributed by atoms with Crippen LogP contribution in [-0.2, 0) is 24.6 Å². The van der Waals surface area contributed by atoms with Gasteiger partial charge in [-0.3, -0.25) is 14.3 Å². The average molecular weight is 540 g/mol. The average Bonchev–Trinajstić information content (AvgIpc) is 3.60. The van der Waals surface area contributed by atoms with Gasteiger partial charge in [0.15, 0.2) is 17.3 Å². The molecular weight excluding hydrogens is 511 g/mol. The van der Waals surface area contributed by atoms with Crippen molar-refractivity contribution in [1.82, 2.24) is 29.3 Å². The third kappa shape index (κ3) is 6.58. The van der Waals surface area contributed by atoms with Gasteiger partial charge in [-0.15, -0.1) is 0 Å². The molecular formula is C23H28F3N7O5. The number of alkyl halides is 3. The second-order valence-electron chi connectivity index (χ2n) is 9.22. The predicted octanol–water partition coefficient (Wildman–Crippen LogP) is 2.10. The Morgan fingerprint density at radius 1 is 1.26 bits per heavy atom. The van der Waals surface area contributed by atoms with Gasteiger partial charge in [0.1, 0.15) is 6.04 Å². The van der Waals surface area contributed by atoms with Crippen LogP contribution >= 0.6 is 0 Å². The van der Waals surface area contributed by atoms with Crippen LogP contribution in [-0.4, -0.2) is 58.2 Å². The lowest BCUT2D eigenvalue weighted by molar-refractivity contribution is -0.141. The van der Waals surface area contributed by atoms with Crippen molar-refractivity contribution in [3.05, 3.63) is 46.6 Å². The number of ether oxygens (including phenoxy) is 1. The van der Waals surface area contributed by atoms with Crippen molar-refractivity contribution >= 4 is 11.7 Å². The number of nitrogens with zero attached hydrogens (tertiary/aromatic N) is 6. The molecule has 206 valence electrons. The molecule has 1 saturated carbocycles. The topological polar surface area (TPSA) is 149 Å². The van der Waals surface area contributed by atoms with E-state index in [0.29, 0.717) is 12.5 Å². The fourth-order valence-electron chi connectivity index (χ4n) is 4.39. The Labute approximate surface area is 214 Å². The molecule has 3 aromatic rings. The first-order chi connectivity index (χ1) is 18.0. The van der Waals surface area contributed by atoms with Gasteiger partial charge in [-0.1, -0.05) is 25.7 Å². The molecule has 1 fully saturated rings. The lowest BCUT2D eigenvalue weighted by Crippen LogP contribution is -2.36. The number of aromatic nitrogens is 6. The quantitative estimate of drug-likeness (QED) is 0.355. The molecule has 3 aromatic heterocycles. The molecule has 0 saturated heterocycles. The molecule has 4 rings (SSSR count). The van der Waals surface area contributed by atoms with Crippen LogP contribution in [0, 0.1) is 5.92 Å². The molecule has 0 spiro atoms. The zero-order chi connectivity index (χ0) is 27.4. The van der Waals surface area contributed by atoms with Crippen molar-refractivity contribution in [2.24, 2.45) is 13.0 Å². The molecule has 2 atom stereocenters. The minimum Gasteiger partial charge on any atom is -0.437 e. The predicted molar refractivity (Wildman–Crippen MR) is 126 cm³/mol. The lowest BCUT2D eigenvalue weighted by Gasteiger charge is -2.21. The van der Waals surface area contributed by atoms with Gasteiger partial charge in [0, 0.05) is 31.4 Å². The summed E-state index contributed by atoms with van der Waals surface area (Å²) in [4.78, 5) is 26.2. The number of amides is 1. The van der Waals surface area contributed by atoms with Crippen LogP contribution in [0.25, 0.3) is 0 Å². The van der Waals surface area contributed by atoms with Crippen molar-refractivity contribution in [3.63, 3.8) is 0 Å². The number of hydrogen-bond acceptors (Lipinski definition) is 8. The molecule has 3 N–H and O–H groups in total. The van der Waals surface area contributed by atoms with E-state index in [1.807, 2.05) is 0 Å². The van der Waals surface area contributed by atoms with Gasteiger partial charge in [0.2, 0.25) is 5.88 Å². The molecule has 0 radical (unpaired) electrons. The third-order valence-corrected chi connectivity index (χ3v) is 6.28. The summed E-state index contributed by atoms with van der Waals surface area (Å²) >= 11 is 0. The van der Waals surface area contributed by atoms with Crippen molar-refractivity contribution in [3.8, 4) is 11.6 Å². The number of anilines is 1. The van der Waals surface area contributed by atoms with Gasteiger partial charge < -0.3 is 20.3 Å². The lowest BCUT2D eigenvalue weighted by atomic mass is 9.98. The smallest absolute Gasteiger partial charge is 0.435 e. The number of aliphatic hydroxyl groups excluding tert-OH is 2. The zero-order valence-corrected chi connectivity index (χ0v) is 20.5. The fourth-order valence-corrected chi connectivity index (χ4v) is 4.39. The summed E-state index contributed by atoms with van der Waals surface area (Å²) in [5, 5.41) is 32.9. The Morgan fingerprint density at radius 3 is 2.63 bits per heavy atom. The normalized spacial score (nSPS) is 15.9. The van der Waals surface area contributed by atoms with E-state index in [9.17, 15) is 27.9 Å². The van der Waals surface area contributed by atoms with Crippen LogP contribution in [0.3, 0.4) is 0 Å². The maximum atomic E-state index is 13.3. The van der Waals surface area contributed by atoms with Gasteiger partial charge >= 0.3 is 6.18 Å². The van der Waals surface area contributed by atoms with E-state index in [1.54, 1.807) is 0 Å². The first-order valence-corrected chi connectivity index (χ1v) is 12.0. The van der Waals surface area contributed by atoms with Crippen LogP contribution in [0.1, 0.15) is 43.8 Å². The molecule has 0 bridgehead atoms. The van der Waals surface area contributed by atoms with Crippen molar-refractivity contribution in [1.29, 1.82) is 0 Å². The molecule has 0 aliphatic heterocycles. The molecule has 15 heteroatoms. The van der Waals surface area contributed by atoms with Crippen LogP contribution < -0.4 is 15.6 Å². The summed E-state index contributed by atoms with van der Waals surface area (Å²) in [5.41, 5.74) is -1.81. The maximum Gasteiger partial charge on any atom is 0.435 e. The van der Waals surface area contributed by atoms with Gasteiger partial charge in [0.05, 0.1) is 25.5 Å². The number of halogens is 3. The highest BCUT2D eigenvalue weighted by Crippen LogP contribution is 2.33. The number of hydrogen-bond donors (Lipinski definition) is 3. The molecule has 1 aliphatic carbocycles. The standard InChI is InChI=1S/C23H28F3N7O5/c1-31-21(10-18(29-31)23(24,25)26)38-16-9-20(36)33(27-11-16)17(8-14-4-2-3-5-14)22(37)28-19-6-7-32(30-19)12-15(35)13-34/h6-7,9-11,14-15,17,34-35H,2-5,8,12-13H2,1H3,(H,28,30,37). The number of aliphatic hydroxyl groups is 2. The number of carbonyl (C=O) groups is 1. The van der Waals surface area contributed by atoms with Gasteiger partial charge in [-0.25, -0.2) is 9.36 Å². The molecule has 38 heavy (non-hydrogen) atoms. The van der Waals surface area contributed by atoms with E-state index in [1.165, 1.54) is 24.0 Å². The van der Waals surface area contributed by atoms with E-state index in [-0.39, 0.29) is 29.9 Å². The summed E-state index contributed by atoms with van der Waals surface area (Å²) in [6.45, 7) is -0.412. The van der Waals surface area contributed by atoms with Gasteiger partial charge in [-0.05, 0) is 12.3 Å².